The predicted molar refractivity (Wildman–Crippen MR) is 75.2 cm³/mol. The van der Waals surface area contributed by atoms with Crippen molar-refractivity contribution < 1.29 is 9.13 Å². The maximum absolute atomic E-state index is 13.8. The van der Waals surface area contributed by atoms with Gasteiger partial charge in [0.15, 0.2) is 0 Å². The molecule has 0 fully saturated rings. The topological polar surface area (TPSA) is 35.2 Å². The van der Waals surface area contributed by atoms with E-state index < -0.39 is 6.04 Å². The normalized spacial score (nSPS) is 12.3. The van der Waals surface area contributed by atoms with Crippen LogP contribution in [0.5, 0.6) is 5.75 Å². The molecule has 0 bridgehead atoms. The van der Waals surface area contributed by atoms with Gasteiger partial charge in [0.2, 0.25) is 0 Å². The Kier molecular flexibility index (Phi) is 4.08. The minimum Gasteiger partial charge on any atom is -0.496 e. The van der Waals surface area contributed by atoms with E-state index in [-0.39, 0.29) is 5.82 Å². The highest BCUT2D eigenvalue weighted by molar-refractivity contribution is 6.30. The fourth-order valence-electron chi connectivity index (χ4n) is 2.03. The Hall–Kier alpha value is -1.58. The van der Waals surface area contributed by atoms with Crippen LogP contribution < -0.4 is 10.5 Å². The first-order valence-corrected chi connectivity index (χ1v) is 6.26. The maximum atomic E-state index is 13.8. The third-order valence-electron chi connectivity index (χ3n) is 3.07. The van der Waals surface area contributed by atoms with Crippen LogP contribution in [0, 0.1) is 12.7 Å². The quantitative estimate of drug-likeness (QED) is 0.926. The average Bonchev–Trinajstić information content (AvgIpc) is 2.40. The molecule has 100 valence electrons. The molecule has 4 heteroatoms. The van der Waals surface area contributed by atoms with Crippen LogP contribution in [0.3, 0.4) is 0 Å². The van der Waals surface area contributed by atoms with Crippen LogP contribution in [0.25, 0.3) is 0 Å². The largest absolute Gasteiger partial charge is 0.496 e. The van der Waals surface area contributed by atoms with Crippen molar-refractivity contribution in [2.45, 2.75) is 13.0 Å². The van der Waals surface area contributed by atoms with Crippen molar-refractivity contribution in [3.05, 3.63) is 63.9 Å². The van der Waals surface area contributed by atoms with Crippen molar-refractivity contribution in [1.82, 2.24) is 0 Å². The van der Waals surface area contributed by atoms with E-state index in [9.17, 15) is 4.39 Å². The Morgan fingerprint density at radius 3 is 2.58 bits per heavy atom. The Morgan fingerprint density at radius 1 is 1.21 bits per heavy atom. The van der Waals surface area contributed by atoms with Gasteiger partial charge in [0.25, 0.3) is 0 Å². The van der Waals surface area contributed by atoms with E-state index in [1.807, 2.05) is 25.1 Å². The fourth-order valence-corrected chi connectivity index (χ4v) is 2.21. The van der Waals surface area contributed by atoms with Crippen molar-refractivity contribution in [2.75, 3.05) is 7.11 Å². The van der Waals surface area contributed by atoms with Crippen molar-refractivity contribution >= 4 is 11.6 Å². The Labute approximate surface area is 117 Å². The molecule has 0 spiro atoms. The standard InChI is InChI=1S/C15H15ClFNO/c1-9-7-10(3-6-14(9)19-2)15(18)12-8-11(16)4-5-13(12)17/h3-8,15H,18H2,1-2H3. The minimum atomic E-state index is -0.552. The van der Waals surface area contributed by atoms with Crippen LogP contribution in [-0.4, -0.2) is 7.11 Å². The smallest absolute Gasteiger partial charge is 0.128 e. The van der Waals surface area contributed by atoms with Crippen LogP contribution >= 0.6 is 11.6 Å². The lowest BCUT2D eigenvalue weighted by atomic mass is 9.97. The Bertz CT molecular complexity index is 601. The summed E-state index contributed by atoms with van der Waals surface area (Å²) in [5.41, 5.74) is 8.27. The number of rotatable bonds is 3. The lowest BCUT2D eigenvalue weighted by molar-refractivity contribution is 0.411. The molecule has 19 heavy (non-hydrogen) atoms. The molecule has 0 aliphatic heterocycles. The fraction of sp³-hybridized carbons (Fsp3) is 0.200. The zero-order valence-electron chi connectivity index (χ0n) is 10.8. The second-order valence-corrected chi connectivity index (χ2v) is 4.81. The molecule has 2 aromatic carbocycles. The van der Waals surface area contributed by atoms with Crippen molar-refractivity contribution in [2.24, 2.45) is 5.73 Å². The molecule has 0 aliphatic rings. The second kappa shape index (κ2) is 5.59. The van der Waals surface area contributed by atoms with Crippen molar-refractivity contribution in [3.8, 4) is 5.75 Å². The number of ether oxygens (including phenoxy) is 1. The monoisotopic (exact) mass is 279 g/mol. The van der Waals surface area contributed by atoms with Gasteiger partial charge in [0.05, 0.1) is 13.2 Å². The molecule has 2 rings (SSSR count). The number of aryl methyl sites for hydroxylation is 1. The summed E-state index contributed by atoms with van der Waals surface area (Å²) in [6.07, 6.45) is 0. The molecule has 0 radical (unpaired) electrons. The number of benzene rings is 2. The molecule has 1 unspecified atom stereocenters. The van der Waals surface area contributed by atoms with Crippen LogP contribution in [0.15, 0.2) is 36.4 Å². The summed E-state index contributed by atoms with van der Waals surface area (Å²) in [6.45, 7) is 1.92. The van der Waals surface area contributed by atoms with Crippen LogP contribution in [-0.2, 0) is 0 Å². The molecule has 0 saturated carbocycles. The lowest BCUT2D eigenvalue weighted by Crippen LogP contribution is -2.14. The summed E-state index contributed by atoms with van der Waals surface area (Å²) in [7, 11) is 1.61. The van der Waals surface area contributed by atoms with Crippen LogP contribution in [0.1, 0.15) is 22.7 Å². The Balaban J connectivity index is 2.41. The maximum Gasteiger partial charge on any atom is 0.128 e. The van der Waals surface area contributed by atoms with E-state index in [1.54, 1.807) is 13.2 Å². The zero-order valence-corrected chi connectivity index (χ0v) is 11.5. The highest BCUT2D eigenvalue weighted by atomic mass is 35.5. The molecule has 0 heterocycles. The van der Waals surface area contributed by atoms with E-state index in [0.717, 1.165) is 16.9 Å². The SMILES string of the molecule is COc1ccc(C(N)c2cc(Cl)ccc2F)cc1C. The van der Waals surface area contributed by atoms with Gasteiger partial charge < -0.3 is 10.5 Å². The molecule has 2 aromatic rings. The van der Waals surface area contributed by atoms with Gasteiger partial charge in [-0.2, -0.15) is 0 Å². The van der Waals surface area contributed by atoms with E-state index >= 15 is 0 Å². The number of halogens is 2. The van der Waals surface area contributed by atoms with Gasteiger partial charge in [0, 0.05) is 10.6 Å². The van der Waals surface area contributed by atoms with Gasteiger partial charge in [0.1, 0.15) is 11.6 Å². The van der Waals surface area contributed by atoms with Crippen molar-refractivity contribution in [3.63, 3.8) is 0 Å². The van der Waals surface area contributed by atoms with Gasteiger partial charge in [-0.1, -0.05) is 23.7 Å². The Morgan fingerprint density at radius 2 is 1.95 bits per heavy atom. The molecule has 0 aromatic heterocycles. The average molecular weight is 280 g/mol. The van der Waals surface area contributed by atoms with E-state index in [2.05, 4.69) is 0 Å². The molecule has 0 aliphatic carbocycles. The summed E-state index contributed by atoms with van der Waals surface area (Å²) in [5, 5.41) is 0.470. The van der Waals surface area contributed by atoms with E-state index in [0.29, 0.717) is 10.6 Å². The zero-order chi connectivity index (χ0) is 14.0. The molecule has 1 atom stereocenters. The third kappa shape index (κ3) is 2.88. The summed E-state index contributed by atoms with van der Waals surface area (Å²) in [5.74, 6) is 0.424. The summed E-state index contributed by atoms with van der Waals surface area (Å²) in [4.78, 5) is 0. The highest BCUT2D eigenvalue weighted by Gasteiger charge is 2.15. The van der Waals surface area contributed by atoms with Gasteiger partial charge in [-0.15, -0.1) is 0 Å². The summed E-state index contributed by atoms with van der Waals surface area (Å²) >= 11 is 5.89. The van der Waals surface area contributed by atoms with Gasteiger partial charge in [-0.3, -0.25) is 0 Å². The lowest BCUT2D eigenvalue weighted by Gasteiger charge is -2.15. The number of methoxy groups -OCH3 is 1. The van der Waals surface area contributed by atoms with Crippen LogP contribution in [0.2, 0.25) is 5.02 Å². The van der Waals surface area contributed by atoms with Crippen molar-refractivity contribution in [1.29, 1.82) is 0 Å². The molecule has 2 nitrogen and oxygen atoms in total. The molecule has 0 saturated heterocycles. The first-order chi connectivity index (χ1) is 9.02. The van der Waals surface area contributed by atoms with Gasteiger partial charge in [-0.25, -0.2) is 4.39 Å². The third-order valence-corrected chi connectivity index (χ3v) is 3.31. The molecule has 2 N–H and O–H groups in total. The first kappa shape index (κ1) is 13.8. The second-order valence-electron chi connectivity index (χ2n) is 4.37. The van der Waals surface area contributed by atoms with E-state index in [4.69, 9.17) is 22.1 Å². The number of hydrogen-bond acceptors (Lipinski definition) is 2. The molecular formula is C15H15ClFNO. The highest BCUT2D eigenvalue weighted by Crippen LogP contribution is 2.28. The number of nitrogens with two attached hydrogens (primary N) is 1. The first-order valence-electron chi connectivity index (χ1n) is 5.88. The predicted octanol–water partition coefficient (Wildman–Crippen LogP) is 3.84. The minimum absolute atomic E-state index is 0.356. The van der Waals surface area contributed by atoms with E-state index in [1.165, 1.54) is 12.1 Å². The molecular weight excluding hydrogens is 265 g/mol. The van der Waals surface area contributed by atoms with Crippen LogP contribution in [0.4, 0.5) is 4.39 Å². The van der Waals surface area contributed by atoms with Gasteiger partial charge in [-0.05, 0) is 42.3 Å². The van der Waals surface area contributed by atoms with Gasteiger partial charge >= 0.3 is 0 Å². The number of hydrogen-bond donors (Lipinski definition) is 1. The molecule has 0 amide bonds. The summed E-state index contributed by atoms with van der Waals surface area (Å²) in [6, 6.07) is 9.39. The summed E-state index contributed by atoms with van der Waals surface area (Å²) < 4.78 is 19.0.